The van der Waals surface area contributed by atoms with Gasteiger partial charge in [-0.05, 0) is 24.0 Å². The third-order valence-electron chi connectivity index (χ3n) is 7.34. The molecule has 8 heteroatoms. The smallest absolute Gasteiger partial charge is 0.331 e. The van der Waals surface area contributed by atoms with Crippen molar-refractivity contribution >= 4 is 0 Å². The molecular formula is C28H30F2N2O4. The number of ether oxygens (including phenoxy) is 2. The molecule has 0 saturated heterocycles. The molecule has 2 aliphatic carbocycles. The Labute approximate surface area is 208 Å². The minimum absolute atomic E-state index is 0.210. The fraction of sp³-hybridized carbons (Fsp3) is 0.429. The van der Waals surface area contributed by atoms with Gasteiger partial charge in [0.15, 0.2) is 0 Å². The first-order valence-corrected chi connectivity index (χ1v) is 12.4. The molecule has 1 aromatic heterocycles. The Balaban J connectivity index is 1.16. The van der Waals surface area contributed by atoms with Gasteiger partial charge in [-0.2, -0.15) is 0 Å². The molecule has 6 unspecified atom stereocenters. The summed E-state index contributed by atoms with van der Waals surface area (Å²) in [4.78, 5) is 25.6. The quantitative estimate of drug-likeness (QED) is 0.421. The highest BCUT2D eigenvalue weighted by Crippen LogP contribution is 2.42. The Morgan fingerprint density at radius 2 is 1.22 bits per heavy atom. The minimum atomic E-state index is -1.37. The van der Waals surface area contributed by atoms with E-state index in [1.54, 1.807) is 0 Å². The molecule has 2 aliphatic rings. The third kappa shape index (κ3) is 5.06. The number of alkyl halides is 2. The van der Waals surface area contributed by atoms with Crippen LogP contribution in [0.2, 0.25) is 0 Å². The zero-order valence-corrected chi connectivity index (χ0v) is 19.9. The zero-order valence-electron chi connectivity index (χ0n) is 19.9. The molecule has 0 amide bonds. The Hall–Kier alpha value is -3.10. The summed E-state index contributed by atoms with van der Waals surface area (Å²) in [6.45, 7) is 1.24. The van der Waals surface area contributed by atoms with Crippen LogP contribution in [-0.4, -0.2) is 34.7 Å². The molecule has 0 bridgehead atoms. The minimum Gasteiger partial charge on any atom is -0.376 e. The molecule has 36 heavy (non-hydrogen) atoms. The normalized spacial score (nSPS) is 27.3. The van der Waals surface area contributed by atoms with E-state index in [4.69, 9.17) is 9.47 Å². The van der Waals surface area contributed by atoms with Gasteiger partial charge in [-0.25, -0.2) is 13.6 Å². The maximum atomic E-state index is 15.0. The topological polar surface area (TPSA) is 62.5 Å². The van der Waals surface area contributed by atoms with Crippen molar-refractivity contribution in [1.29, 1.82) is 0 Å². The van der Waals surface area contributed by atoms with Gasteiger partial charge < -0.3 is 9.47 Å². The first-order chi connectivity index (χ1) is 17.5. The van der Waals surface area contributed by atoms with E-state index in [0.717, 1.165) is 15.7 Å². The second-order valence-corrected chi connectivity index (χ2v) is 9.73. The molecule has 0 radical (unpaired) electrons. The Bertz CT molecular complexity index is 1260. The van der Waals surface area contributed by atoms with Crippen LogP contribution >= 0.6 is 0 Å². The number of hydrogen-bond acceptors (Lipinski definition) is 4. The zero-order chi connectivity index (χ0) is 25.1. The van der Waals surface area contributed by atoms with E-state index in [0.29, 0.717) is 26.1 Å². The summed E-state index contributed by atoms with van der Waals surface area (Å²) in [7, 11) is 0. The van der Waals surface area contributed by atoms with Crippen LogP contribution in [-0.2, 0) is 22.7 Å². The molecule has 6 atom stereocenters. The molecule has 2 fully saturated rings. The average molecular weight is 497 g/mol. The van der Waals surface area contributed by atoms with Gasteiger partial charge in [-0.3, -0.25) is 13.9 Å². The molecule has 0 N–H and O–H groups in total. The van der Waals surface area contributed by atoms with Crippen molar-refractivity contribution in [2.75, 3.05) is 13.2 Å². The predicted molar refractivity (Wildman–Crippen MR) is 131 cm³/mol. The van der Waals surface area contributed by atoms with Crippen LogP contribution in [0.15, 0.2) is 82.5 Å². The Morgan fingerprint density at radius 3 is 1.72 bits per heavy atom. The molecule has 6 nitrogen and oxygen atoms in total. The van der Waals surface area contributed by atoms with E-state index in [1.165, 1.54) is 16.8 Å². The summed E-state index contributed by atoms with van der Waals surface area (Å²) in [5.74, 6) is -0.711. The second kappa shape index (κ2) is 10.9. The second-order valence-electron chi connectivity index (χ2n) is 9.73. The van der Waals surface area contributed by atoms with Crippen molar-refractivity contribution in [3.8, 4) is 0 Å². The Morgan fingerprint density at radius 1 is 0.722 bits per heavy atom. The van der Waals surface area contributed by atoms with Crippen molar-refractivity contribution in [1.82, 2.24) is 9.13 Å². The van der Waals surface area contributed by atoms with Crippen molar-refractivity contribution in [2.45, 2.75) is 50.5 Å². The van der Waals surface area contributed by atoms with Crippen LogP contribution in [0.25, 0.3) is 0 Å². The Kier molecular flexibility index (Phi) is 7.43. The van der Waals surface area contributed by atoms with Gasteiger partial charge in [0.05, 0.1) is 38.5 Å². The fourth-order valence-electron chi connectivity index (χ4n) is 5.08. The predicted octanol–water partition coefficient (Wildman–Crippen LogP) is 4.24. The fourth-order valence-corrected chi connectivity index (χ4v) is 5.08. The van der Waals surface area contributed by atoms with Gasteiger partial charge in [0, 0.05) is 24.1 Å². The molecule has 190 valence electrons. The summed E-state index contributed by atoms with van der Waals surface area (Å²) < 4.78 is 43.4. The SMILES string of the molecule is O=c1ccn(C2CC(COCc3ccccc3)C2F)c(=O)n1C1CC(COCc2ccccc2)C1F. The van der Waals surface area contributed by atoms with Crippen LogP contribution in [0, 0.1) is 11.8 Å². The first-order valence-electron chi connectivity index (χ1n) is 12.4. The highest BCUT2D eigenvalue weighted by Gasteiger charge is 2.46. The lowest BCUT2D eigenvalue weighted by Crippen LogP contribution is -2.54. The largest absolute Gasteiger partial charge is 0.376 e. The molecule has 5 rings (SSSR count). The summed E-state index contributed by atoms with van der Waals surface area (Å²) >= 11 is 0. The van der Waals surface area contributed by atoms with Gasteiger partial charge in [0.2, 0.25) is 0 Å². The molecule has 2 saturated carbocycles. The standard InChI is InChI=1S/C28H30F2N2O4/c29-26-21(17-35-15-19-7-3-1-4-8-19)13-23(26)31-12-11-25(33)32(28(31)34)24-14-22(27(24)30)18-36-16-20-9-5-2-6-10-20/h1-12,21-24,26-27H,13-18H2. The van der Waals surface area contributed by atoms with Crippen LogP contribution in [0.5, 0.6) is 0 Å². The summed E-state index contributed by atoms with van der Waals surface area (Å²) in [6.07, 6.45) is -0.566. The molecular weight excluding hydrogens is 466 g/mol. The number of benzene rings is 2. The number of rotatable bonds is 10. The van der Waals surface area contributed by atoms with E-state index in [2.05, 4.69) is 0 Å². The van der Waals surface area contributed by atoms with Crippen LogP contribution < -0.4 is 11.2 Å². The highest BCUT2D eigenvalue weighted by atomic mass is 19.1. The molecule has 3 aromatic rings. The van der Waals surface area contributed by atoms with Crippen LogP contribution in [0.4, 0.5) is 8.78 Å². The van der Waals surface area contributed by atoms with Crippen molar-refractivity contribution in [3.05, 3.63) is 105 Å². The van der Waals surface area contributed by atoms with Gasteiger partial charge >= 0.3 is 5.69 Å². The average Bonchev–Trinajstić information content (AvgIpc) is 2.90. The van der Waals surface area contributed by atoms with Crippen molar-refractivity contribution < 1.29 is 18.3 Å². The van der Waals surface area contributed by atoms with Gasteiger partial charge in [-0.1, -0.05) is 60.7 Å². The van der Waals surface area contributed by atoms with Crippen molar-refractivity contribution in [3.63, 3.8) is 0 Å². The summed E-state index contributed by atoms with van der Waals surface area (Å²) in [5.41, 5.74) is 0.785. The maximum absolute atomic E-state index is 15.0. The lowest BCUT2D eigenvalue weighted by atomic mass is 9.78. The van der Waals surface area contributed by atoms with E-state index in [1.807, 2.05) is 60.7 Å². The lowest BCUT2D eigenvalue weighted by molar-refractivity contribution is -0.0401. The molecule has 1 heterocycles. The number of halogens is 2. The summed E-state index contributed by atoms with van der Waals surface area (Å²) in [6, 6.07) is 18.9. The van der Waals surface area contributed by atoms with E-state index in [-0.39, 0.29) is 25.0 Å². The lowest BCUT2D eigenvalue weighted by Gasteiger charge is -2.42. The van der Waals surface area contributed by atoms with Gasteiger partial charge in [-0.15, -0.1) is 0 Å². The third-order valence-corrected chi connectivity index (χ3v) is 7.34. The molecule has 0 spiro atoms. The van der Waals surface area contributed by atoms with Crippen molar-refractivity contribution in [2.24, 2.45) is 11.8 Å². The molecule has 0 aliphatic heterocycles. The number of hydrogen-bond donors (Lipinski definition) is 0. The van der Waals surface area contributed by atoms with Crippen LogP contribution in [0.1, 0.15) is 36.1 Å². The van der Waals surface area contributed by atoms with Gasteiger partial charge in [0.25, 0.3) is 5.56 Å². The molecule has 2 aromatic carbocycles. The summed E-state index contributed by atoms with van der Waals surface area (Å²) in [5, 5.41) is 0. The maximum Gasteiger partial charge on any atom is 0.331 e. The van der Waals surface area contributed by atoms with E-state index in [9.17, 15) is 18.4 Å². The van der Waals surface area contributed by atoms with E-state index >= 15 is 0 Å². The highest BCUT2D eigenvalue weighted by molar-refractivity contribution is 5.14. The number of aromatic nitrogens is 2. The van der Waals surface area contributed by atoms with E-state index < -0.39 is 35.7 Å². The first kappa shape index (κ1) is 24.6. The van der Waals surface area contributed by atoms with Gasteiger partial charge in [0.1, 0.15) is 12.3 Å². The van der Waals surface area contributed by atoms with Crippen LogP contribution in [0.3, 0.4) is 0 Å². The monoisotopic (exact) mass is 496 g/mol. The number of nitrogens with zero attached hydrogens (tertiary/aromatic N) is 2.